The van der Waals surface area contributed by atoms with Crippen LogP contribution in [0.5, 0.6) is 0 Å². The van der Waals surface area contributed by atoms with Crippen molar-refractivity contribution < 1.29 is 14.3 Å². The fourth-order valence-electron chi connectivity index (χ4n) is 3.63. The molecule has 1 saturated carbocycles. The standard InChI is InChI=1S/C15H24N2O3/c18-14(13-11-19-8-9-20-13)17-12-4-7-16-15(10-12)5-2-1-3-6-15/h11-12,16H,1-10H2,(H,17,18). The predicted octanol–water partition coefficient (Wildman–Crippen LogP) is 1.45. The van der Waals surface area contributed by atoms with Gasteiger partial charge in [0.25, 0.3) is 5.91 Å². The van der Waals surface area contributed by atoms with Gasteiger partial charge in [-0.3, -0.25) is 4.79 Å². The lowest BCUT2D eigenvalue weighted by Crippen LogP contribution is -2.57. The molecule has 2 N–H and O–H groups in total. The Labute approximate surface area is 120 Å². The van der Waals surface area contributed by atoms with E-state index < -0.39 is 0 Å². The Hall–Kier alpha value is -1.23. The minimum absolute atomic E-state index is 0.137. The fourth-order valence-corrected chi connectivity index (χ4v) is 3.63. The Morgan fingerprint density at radius 2 is 2.15 bits per heavy atom. The van der Waals surface area contributed by atoms with Crippen molar-refractivity contribution in [3.63, 3.8) is 0 Å². The lowest BCUT2D eigenvalue weighted by Gasteiger charge is -2.44. The number of hydrogen-bond acceptors (Lipinski definition) is 4. The van der Waals surface area contributed by atoms with Gasteiger partial charge in [0.15, 0.2) is 0 Å². The van der Waals surface area contributed by atoms with Gasteiger partial charge in [0.05, 0.1) is 0 Å². The van der Waals surface area contributed by atoms with E-state index in [9.17, 15) is 4.79 Å². The van der Waals surface area contributed by atoms with E-state index >= 15 is 0 Å². The molecule has 2 fully saturated rings. The predicted molar refractivity (Wildman–Crippen MR) is 75.0 cm³/mol. The highest BCUT2D eigenvalue weighted by atomic mass is 16.6. The minimum atomic E-state index is -0.137. The van der Waals surface area contributed by atoms with E-state index in [0.717, 1.165) is 19.4 Å². The summed E-state index contributed by atoms with van der Waals surface area (Å²) in [4.78, 5) is 12.1. The molecule has 1 atom stereocenters. The first-order valence-corrected chi connectivity index (χ1v) is 7.78. The van der Waals surface area contributed by atoms with Gasteiger partial charge >= 0.3 is 0 Å². The molecule has 0 radical (unpaired) electrons. The van der Waals surface area contributed by atoms with E-state index in [4.69, 9.17) is 9.47 Å². The van der Waals surface area contributed by atoms with Crippen LogP contribution in [0.2, 0.25) is 0 Å². The molecule has 1 amide bonds. The molecule has 5 heteroatoms. The molecule has 1 saturated heterocycles. The number of hydrogen-bond donors (Lipinski definition) is 2. The van der Waals surface area contributed by atoms with Gasteiger partial charge in [-0.15, -0.1) is 0 Å². The fraction of sp³-hybridized carbons (Fsp3) is 0.800. The van der Waals surface area contributed by atoms with Gasteiger partial charge in [0, 0.05) is 11.6 Å². The molecule has 0 bridgehead atoms. The average molecular weight is 280 g/mol. The molecule has 2 aliphatic heterocycles. The SMILES string of the molecule is O=C(NC1CCNC2(CCCCC2)C1)C1=COCCO1. The van der Waals surface area contributed by atoms with Gasteiger partial charge < -0.3 is 20.1 Å². The smallest absolute Gasteiger partial charge is 0.289 e. The largest absolute Gasteiger partial charge is 0.494 e. The van der Waals surface area contributed by atoms with Crippen LogP contribution in [0.25, 0.3) is 0 Å². The van der Waals surface area contributed by atoms with Gasteiger partial charge in [-0.1, -0.05) is 19.3 Å². The monoisotopic (exact) mass is 280 g/mol. The Bertz CT molecular complexity index is 383. The molecule has 1 spiro atoms. The number of ether oxygens (including phenoxy) is 2. The van der Waals surface area contributed by atoms with Crippen LogP contribution in [0.1, 0.15) is 44.9 Å². The van der Waals surface area contributed by atoms with Crippen molar-refractivity contribution in [1.29, 1.82) is 0 Å². The van der Waals surface area contributed by atoms with E-state index in [1.807, 2.05) is 0 Å². The van der Waals surface area contributed by atoms with Gasteiger partial charge in [-0.2, -0.15) is 0 Å². The minimum Gasteiger partial charge on any atom is -0.494 e. The van der Waals surface area contributed by atoms with Crippen LogP contribution in [0.15, 0.2) is 12.0 Å². The van der Waals surface area contributed by atoms with E-state index in [1.165, 1.54) is 38.4 Å². The van der Waals surface area contributed by atoms with Crippen LogP contribution in [-0.2, 0) is 14.3 Å². The second-order valence-corrected chi connectivity index (χ2v) is 6.13. The van der Waals surface area contributed by atoms with Crippen LogP contribution in [0, 0.1) is 0 Å². The first-order valence-electron chi connectivity index (χ1n) is 7.78. The van der Waals surface area contributed by atoms with E-state index in [2.05, 4.69) is 10.6 Å². The van der Waals surface area contributed by atoms with E-state index in [-0.39, 0.29) is 17.5 Å². The summed E-state index contributed by atoms with van der Waals surface area (Å²) in [5, 5.41) is 6.80. The van der Waals surface area contributed by atoms with Crippen molar-refractivity contribution in [2.45, 2.75) is 56.5 Å². The van der Waals surface area contributed by atoms with Crippen molar-refractivity contribution >= 4 is 5.91 Å². The summed E-state index contributed by atoms with van der Waals surface area (Å²) in [7, 11) is 0. The first kappa shape index (κ1) is 13.7. The summed E-state index contributed by atoms with van der Waals surface area (Å²) in [6.45, 7) is 1.96. The maximum absolute atomic E-state index is 12.1. The molecule has 0 aromatic rings. The molecule has 5 nitrogen and oxygen atoms in total. The number of piperidine rings is 1. The zero-order valence-electron chi connectivity index (χ0n) is 12.0. The molecule has 2 heterocycles. The van der Waals surface area contributed by atoms with Crippen molar-refractivity contribution in [1.82, 2.24) is 10.6 Å². The molecular weight excluding hydrogens is 256 g/mol. The van der Waals surface area contributed by atoms with E-state index in [1.54, 1.807) is 0 Å². The highest BCUT2D eigenvalue weighted by molar-refractivity contribution is 5.91. The summed E-state index contributed by atoms with van der Waals surface area (Å²) in [5.74, 6) is 0.176. The van der Waals surface area contributed by atoms with Crippen molar-refractivity contribution in [2.24, 2.45) is 0 Å². The Balaban J connectivity index is 1.57. The number of carbonyl (C=O) groups excluding carboxylic acids is 1. The molecule has 1 unspecified atom stereocenters. The van der Waals surface area contributed by atoms with Gasteiger partial charge in [-0.05, 0) is 32.2 Å². The highest BCUT2D eigenvalue weighted by Crippen LogP contribution is 2.34. The zero-order chi connectivity index (χ0) is 13.8. The Morgan fingerprint density at radius 1 is 1.30 bits per heavy atom. The van der Waals surface area contributed by atoms with E-state index in [0.29, 0.717) is 19.0 Å². The second kappa shape index (κ2) is 6.04. The molecule has 20 heavy (non-hydrogen) atoms. The van der Waals surface area contributed by atoms with Crippen LogP contribution in [0.4, 0.5) is 0 Å². The molecule has 3 aliphatic rings. The number of carbonyl (C=O) groups is 1. The third-order valence-corrected chi connectivity index (χ3v) is 4.65. The molecular formula is C15H24N2O3. The number of rotatable bonds is 2. The second-order valence-electron chi connectivity index (χ2n) is 6.13. The topological polar surface area (TPSA) is 59.6 Å². The summed E-state index contributed by atoms with van der Waals surface area (Å²) in [5.41, 5.74) is 0.257. The third kappa shape index (κ3) is 3.08. The van der Waals surface area contributed by atoms with Gasteiger partial charge in [0.2, 0.25) is 5.76 Å². The first-order chi connectivity index (χ1) is 9.77. The van der Waals surface area contributed by atoms with Crippen molar-refractivity contribution in [2.75, 3.05) is 19.8 Å². The molecule has 3 rings (SSSR count). The molecule has 0 aromatic carbocycles. The van der Waals surface area contributed by atoms with Crippen LogP contribution < -0.4 is 10.6 Å². The molecule has 0 aromatic heterocycles. The summed E-state index contributed by atoms with van der Waals surface area (Å²) in [6, 6.07) is 0.244. The third-order valence-electron chi connectivity index (χ3n) is 4.65. The normalized spacial score (nSPS) is 29.0. The Kier molecular flexibility index (Phi) is 4.15. The average Bonchev–Trinajstić information content (AvgIpc) is 2.49. The quantitative estimate of drug-likeness (QED) is 0.803. The van der Waals surface area contributed by atoms with Gasteiger partial charge in [0.1, 0.15) is 19.5 Å². The molecule has 112 valence electrons. The molecule has 1 aliphatic carbocycles. The summed E-state index contributed by atoms with van der Waals surface area (Å²) >= 11 is 0. The Morgan fingerprint density at radius 3 is 2.90 bits per heavy atom. The lowest BCUT2D eigenvalue weighted by molar-refractivity contribution is -0.123. The summed E-state index contributed by atoms with van der Waals surface area (Å²) < 4.78 is 10.5. The van der Waals surface area contributed by atoms with Crippen LogP contribution in [-0.4, -0.2) is 37.2 Å². The van der Waals surface area contributed by atoms with Crippen LogP contribution in [0.3, 0.4) is 0 Å². The maximum atomic E-state index is 12.1. The summed E-state index contributed by atoms with van der Waals surface area (Å²) in [6.07, 6.45) is 9.87. The van der Waals surface area contributed by atoms with Crippen molar-refractivity contribution in [3.05, 3.63) is 12.0 Å². The lowest BCUT2D eigenvalue weighted by atomic mass is 9.75. The maximum Gasteiger partial charge on any atom is 0.289 e. The highest BCUT2D eigenvalue weighted by Gasteiger charge is 2.37. The van der Waals surface area contributed by atoms with Crippen LogP contribution >= 0.6 is 0 Å². The zero-order valence-corrected chi connectivity index (χ0v) is 12.0. The number of amides is 1. The van der Waals surface area contributed by atoms with Gasteiger partial charge in [-0.25, -0.2) is 0 Å². The number of nitrogens with one attached hydrogen (secondary N) is 2. The van der Waals surface area contributed by atoms with Crippen molar-refractivity contribution in [3.8, 4) is 0 Å².